The summed E-state index contributed by atoms with van der Waals surface area (Å²) in [5, 5.41) is 0. The fraction of sp³-hybridized carbons (Fsp3) is 1.00. The molecule has 0 spiro atoms. The van der Waals surface area contributed by atoms with Crippen LogP contribution in [0.5, 0.6) is 0 Å². The molecule has 0 aliphatic heterocycles. The fourth-order valence-corrected chi connectivity index (χ4v) is 4.11. The number of rotatable bonds is 20. The summed E-state index contributed by atoms with van der Waals surface area (Å²) in [5.74, 6) is 0.332. The van der Waals surface area contributed by atoms with E-state index in [4.69, 9.17) is 9.05 Å². The van der Waals surface area contributed by atoms with E-state index in [1.54, 1.807) is 0 Å². The quantitative estimate of drug-likeness (QED) is 0.160. The first-order valence-electron chi connectivity index (χ1n) is 11.7. The molecule has 0 fully saturated rings. The molecule has 0 aromatic carbocycles. The minimum absolute atomic E-state index is 0.254. The smallest absolute Gasteiger partial charge is 0.377 e. The second-order valence-electron chi connectivity index (χ2n) is 8.87. The van der Waals surface area contributed by atoms with Crippen molar-refractivity contribution in [3.8, 4) is 0 Å². The van der Waals surface area contributed by atoms with Crippen molar-refractivity contribution in [3.05, 3.63) is 0 Å². The van der Waals surface area contributed by atoms with Gasteiger partial charge < -0.3 is 9.38 Å². The van der Waals surface area contributed by atoms with Gasteiger partial charge in [0.25, 0.3) is 0 Å². The Morgan fingerprint density at radius 1 is 0.821 bits per heavy atom. The van der Waals surface area contributed by atoms with Crippen molar-refractivity contribution in [1.82, 2.24) is 0 Å². The van der Waals surface area contributed by atoms with Crippen molar-refractivity contribution >= 4 is 8.17 Å². The Bertz CT molecular complexity index is 353. The summed E-state index contributed by atoms with van der Waals surface area (Å²) in [6.07, 6.45) is 14.8. The molecule has 0 radical (unpaired) electrons. The summed E-state index contributed by atoms with van der Waals surface area (Å²) in [4.78, 5) is 22.0. The SMILES string of the molecule is CCCCCCCCCC[N+](C)(C)CCO[P+]([O-])(O)OCC(CC)CCCC. The highest BCUT2D eigenvalue weighted by Crippen LogP contribution is 2.48. The standard InChI is InChI=1S/C22H48NO4P/c1-6-9-11-12-13-14-15-16-18-23(4,5)19-20-26-28(24,25)27-21-22(8-3)17-10-7-2/h22H,6-21H2,1-5H3/p+1. The summed E-state index contributed by atoms with van der Waals surface area (Å²) in [6.45, 7) is 8.85. The number of phosphoric acid groups is 1. The van der Waals surface area contributed by atoms with Gasteiger partial charge in [-0.1, -0.05) is 78.6 Å². The molecule has 0 rings (SSSR count). The van der Waals surface area contributed by atoms with Crippen LogP contribution in [0, 0.1) is 5.92 Å². The van der Waals surface area contributed by atoms with Gasteiger partial charge in [0.05, 0.1) is 27.2 Å². The minimum atomic E-state index is -3.94. The van der Waals surface area contributed by atoms with E-state index in [9.17, 15) is 9.79 Å². The lowest BCUT2D eigenvalue weighted by atomic mass is 10.0. The average Bonchev–Trinajstić information content (AvgIpc) is 2.63. The molecule has 0 saturated heterocycles. The molecule has 170 valence electrons. The Labute approximate surface area is 176 Å². The van der Waals surface area contributed by atoms with E-state index in [0.717, 1.165) is 43.3 Å². The molecule has 5 nitrogen and oxygen atoms in total. The Kier molecular flexibility index (Phi) is 17.1. The molecule has 0 aliphatic carbocycles. The van der Waals surface area contributed by atoms with Gasteiger partial charge in [0, 0.05) is 0 Å². The van der Waals surface area contributed by atoms with Crippen LogP contribution in [0.2, 0.25) is 0 Å². The molecule has 28 heavy (non-hydrogen) atoms. The van der Waals surface area contributed by atoms with E-state index >= 15 is 0 Å². The molecule has 0 heterocycles. The second-order valence-corrected chi connectivity index (χ2v) is 10.3. The van der Waals surface area contributed by atoms with Gasteiger partial charge in [0.2, 0.25) is 0 Å². The lowest BCUT2D eigenvalue weighted by Gasteiger charge is -2.30. The van der Waals surface area contributed by atoms with Crippen molar-refractivity contribution < 1.29 is 23.3 Å². The number of phosphoric ester groups is 1. The molecular formula is C22H49NO4P+. The summed E-state index contributed by atoms with van der Waals surface area (Å²) in [6, 6.07) is 0. The van der Waals surface area contributed by atoms with Gasteiger partial charge in [0.1, 0.15) is 13.2 Å². The van der Waals surface area contributed by atoms with Crippen molar-refractivity contribution in [3.63, 3.8) is 0 Å². The van der Waals surface area contributed by atoms with Gasteiger partial charge in [-0.2, -0.15) is 13.9 Å². The number of unbranched alkanes of at least 4 members (excludes halogenated alkanes) is 8. The van der Waals surface area contributed by atoms with E-state index in [1.807, 2.05) is 0 Å². The van der Waals surface area contributed by atoms with Crippen LogP contribution in [0.1, 0.15) is 97.8 Å². The predicted molar refractivity (Wildman–Crippen MR) is 119 cm³/mol. The monoisotopic (exact) mass is 422 g/mol. The average molecular weight is 423 g/mol. The molecule has 1 N–H and O–H groups in total. The Morgan fingerprint density at radius 3 is 1.96 bits per heavy atom. The molecule has 0 saturated carbocycles. The molecule has 0 bridgehead atoms. The fourth-order valence-electron chi connectivity index (χ4n) is 3.32. The number of quaternary nitrogens is 1. The minimum Gasteiger partial charge on any atom is -0.606 e. The molecule has 0 amide bonds. The Morgan fingerprint density at radius 2 is 1.39 bits per heavy atom. The van der Waals surface area contributed by atoms with Crippen LogP contribution in [-0.2, 0) is 9.05 Å². The molecule has 0 aromatic rings. The summed E-state index contributed by atoms with van der Waals surface area (Å²) in [7, 11) is 0.379. The third-order valence-electron chi connectivity index (χ3n) is 5.58. The molecule has 0 aliphatic rings. The predicted octanol–water partition coefficient (Wildman–Crippen LogP) is 5.48. The molecule has 2 unspecified atom stereocenters. The first-order valence-corrected chi connectivity index (χ1v) is 13.2. The maximum atomic E-state index is 12.1. The maximum absolute atomic E-state index is 12.1. The van der Waals surface area contributed by atoms with E-state index in [-0.39, 0.29) is 6.61 Å². The molecule has 2 atom stereocenters. The van der Waals surface area contributed by atoms with Crippen molar-refractivity contribution in [1.29, 1.82) is 0 Å². The van der Waals surface area contributed by atoms with E-state index in [2.05, 4.69) is 34.9 Å². The molecule has 6 heteroatoms. The van der Waals surface area contributed by atoms with Crippen LogP contribution in [0.15, 0.2) is 0 Å². The zero-order valence-electron chi connectivity index (χ0n) is 19.5. The second kappa shape index (κ2) is 17.0. The lowest BCUT2D eigenvalue weighted by Crippen LogP contribution is -2.43. The maximum Gasteiger partial charge on any atom is 0.377 e. The van der Waals surface area contributed by atoms with Gasteiger partial charge in [-0.15, -0.1) is 0 Å². The van der Waals surface area contributed by atoms with Crippen LogP contribution < -0.4 is 4.89 Å². The largest absolute Gasteiger partial charge is 0.606 e. The van der Waals surface area contributed by atoms with Crippen molar-refractivity contribution in [2.75, 3.05) is 40.4 Å². The van der Waals surface area contributed by atoms with Crippen LogP contribution >= 0.6 is 8.17 Å². The zero-order valence-corrected chi connectivity index (χ0v) is 20.4. The number of hydrogen-bond acceptors (Lipinski definition) is 4. The van der Waals surface area contributed by atoms with Gasteiger partial charge in [0.15, 0.2) is 0 Å². The lowest BCUT2D eigenvalue weighted by molar-refractivity contribution is -0.890. The Hall–Kier alpha value is 0.230. The topological polar surface area (TPSA) is 61.8 Å². The first kappa shape index (κ1) is 28.2. The van der Waals surface area contributed by atoms with Gasteiger partial charge in [-0.3, -0.25) is 0 Å². The zero-order chi connectivity index (χ0) is 21.3. The van der Waals surface area contributed by atoms with E-state index < -0.39 is 8.17 Å². The highest BCUT2D eigenvalue weighted by molar-refractivity contribution is 7.52. The highest BCUT2D eigenvalue weighted by atomic mass is 31.2. The number of hydrogen-bond donors (Lipinski definition) is 1. The third-order valence-corrected chi connectivity index (χ3v) is 6.57. The van der Waals surface area contributed by atoms with Crippen LogP contribution in [-0.4, -0.2) is 49.8 Å². The highest BCUT2D eigenvalue weighted by Gasteiger charge is 2.30. The molecule has 0 aromatic heterocycles. The Balaban J connectivity index is 3.88. The van der Waals surface area contributed by atoms with E-state index in [0.29, 0.717) is 12.5 Å². The van der Waals surface area contributed by atoms with Gasteiger partial charge in [-0.25, -0.2) is 0 Å². The molecular weight excluding hydrogens is 373 g/mol. The number of nitrogens with zero attached hydrogens (tertiary/aromatic N) is 1. The van der Waals surface area contributed by atoms with Crippen molar-refractivity contribution in [2.45, 2.75) is 97.8 Å². The van der Waals surface area contributed by atoms with Crippen LogP contribution in [0.3, 0.4) is 0 Å². The normalized spacial score (nSPS) is 15.5. The summed E-state index contributed by atoms with van der Waals surface area (Å²) in [5.41, 5.74) is 0. The third kappa shape index (κ3) is 17.1. The summed E-state index contributed by atoms with van der Waals surface area (Å²) < 4.78 is 11.3. The van der Waals surface area contributed by atoms with Gasteiger partial charge in [-0.05, 0) is 25.2 Å². The summed E-state index contributed by atoms with van der Waals surface area (Å²) >= 11 is 0. The van der Waals surface area contributed by atoms with Crippen LogP contribution in [0.4, 0.5) is 0 Å². The van der Waals surface area contributed by atoms with E-state index in [1.165, 1.54) is 51.4 Å². The van der Waals surface area contributed by atoms with Gasteiger partial charge >= 0.3 is 8.17 Å². The van der Waals surface area contributed by atoms with Crippen molar-refractivity contribution in [2.24, 2.45) is 5.92 Å². The number of likely N-dealkylation sites (N-methyl/N-ethyl adjacent to an activating group) is 1. The van der Waals surface area contributed by atoms with Crippen LogP contribution in [0.25, 0.3) is 0 Å². The first-order chi connectivity index (χ1) is 13.3.